The molecule has 0 fully saturated rings. The van der Waals surface area contributed by atoms with Crippen LogP contribution in [0.2, 0.25) is 0 Å². The lowest BCUT2D eigenvalue weighted by atomic mass is 10.2. The maximum atomic E-state index is 2.73. The van der Waals surface area contributed by atoms with Crippen molar-refractivity contribution >= 4 is 18.5 Å². The van der Waals surface area contributed by atoms with Crippen molar-refractivity contribution in [1.29, 1.82) is 0 Å². The Morgan fingerprint density at radius 1 is 1.00 bits per heavy atom. The van der Waals surface area contributed by atoms with Crippen molar-refractivity contribution in [2.24, 2.45) is 0 Å². The molecule has 1 aromatic rings. The van der Waals surface area contributed by atoms with Crippen molar-refractivity contribution in [3.05, 3.63) is 35.4 Å². The second kappa shape index (κ2) is 4.06. The van der Waals surface area contributed by atoms with Gasteiger partial charge in [0.2, 0.25) is 0 Å². The monoisotopic (exact) mass is 170 g/mol. The molecular weight excluding hydrogens is 158 g/mol. The third-order valence-electron chi connectivity index (χ3n) is 1.46. The summed E-state index contributed by atoms with van der Waals surface area (Å²) in [7, 11) is 5.46. The average molecular weight is 170 g/mol. The van der Waals surface area contributed by atoms with Crippen molar-refractivity contribution in [3.8, 4) is 0 Å². The number of hydrogen-bond donors (Lipinski definition) is 0. The van der Waals surface area contributed by atoms with E-state index in [4.69, 9.17) is 0 Å². The molecule has 2 unspecified atom stereocenters. The summed E-state index contributed by atoms with van der Waals surface area (Å²) >= 11 is 0. The van der Waals surface area contributed by atoms with Crippen LogP contribution in [-0.2, 0) is 12.3 Å². The first-order chi connectivity index (χ1) is 4.86. The molecule has 2 heteroatoms. The Bertz CT molecular complexity index is 189. The van der Waals surface area contributed by atoms with E-state index in [1.165, 1.54) is 11.1 Å². The number of benzene rings is 1. The molecule has 0 nitrogen and oxygen atoms in total. The van der Waals surface area contributed by atoms with Crippen LogP contribution < -0.4 is 0 Å². The Balaban J connectivity index is 2.87. The van der Waals surface area contributed by atoms with Crippen LogP contribution in [-0.4, -0.2) is 0 Å². The van der Waals surface area contributed by atoms with E-state index >= 15 is 0 Å². The summed E-state index contributed by atoms with van der Waals surface area (Å²) in [4.78, 5) is 0. The van der Waals surface area contributed by atoms with Crippen LogP contribution in [0.5, 0.6) is 0 Å². The van der Waals surface area contributed by atoms with Crippen LogP contribution in [0.4, 0.5) is 0 Å². The van der Waals surface area contributed by atoms with Crippen molar-refractivity contribution in [2.45, 2.75) is 12.3 Å². The lowest BCUT2D eigenvalue weighted by molar-refractivity contribution is 1.33. The van der Waals surface area contributed by atoms with E-state index in [9.17, 15) is 0 Å². The van der Waals surface area contributed by atoms with Crippen molar-refractivity contribution in [3.63, 3.8) is 0 Å². The second-order valence-corrected chi connectivity index (χ2v) is 3.04. The molecular formula is C8H12P2. The standard InChI is InChI=1S/C8H12P2/c9-5-7-2-1-3-8(4-7)6-10/h1-4H,5-6,9-10H2. The molecule has 1 rings (SSSR count). The molecule has 0 saturated carbocycles. The highest BCUT2D eigenvalue weighted by Crippen LogP contribution is 2.11. The molecule has 54 valence electrons. The van der Waals surface area contributed by atoms with Gasteiger partial charge in [-0.2, -0.15) is 0 Å². The molecule has 0 aromatic heterocycles. The molecule has 0 bridgehead atoms. The number of rotatable bonds is 2. The van der Waals surface area contributed by atoms with Gasteiger partial charge in [0.25, 0.3) is 0 Å². The fourth-order valence-electron chi connectivity index (χ4n) is 0.884. The second-order valence-electron chi connectivity index (χ2n) is 2.23. The van der Waals surface area contributed by atoms with Gasteiger partial charge in [-0.25, -0.2) is 0 Å². The van der Waals surface area contributed by atoms with Crippen molar-refractivity contribution in [2.75, 3.05) is 0 Å². The van der Waals surface area contributed by atoms with Gasteiger partial charge in [0, 0.05) is 0 Å². The molecule has 0 aliphatic carbocycles. The molecule has 10 heavy (non-hydrogen) atoms. The van der Waals surface area contributed by atoms with Crippen LogP contribution in [0.25, 0.3) is 0 Å². The highest BCUT2D eigenvalue weighted by Gasteiger charge is 1.89. The van der Waals surface area contributed by atoms with Gasteiger partial charge >= 0.3 is 0 Å². The van der Waals surface area contributed by atoms with Gasteiger partial charge in [0.1, 0.15) is 0 Å². The Hall–Kier alpha value is 0.0800. The zero-order valence-corrected chi connectivity index (χ0v) is 8.19. The molecule has 1 aromatic carbocycles. The summed E-state index contributed by atoms with van der Waals surface area (Å²) in [6.45, 7) is 0. The topological polar surface area (TPSA) is 0 Å². The third kappa shape index (κ3) is 2.04. The summed E-state index contributed by atoms with van der Waals surface area (Å²) < 4.78 is 0. The maximum absolute atomic E-state index is 2.73. The van der Waals surface area contributed by atoms with E-state index in [2.05, 4.69) is 42.7 Å². The maximum Gasteiger partial charge on any atom is -0.0128 e. The highest BCUT2D eigenvalue weighted by atomic mass is 31.0. The zero-order valence-electron chi connectivity index (χ0n) is 5.88. The molecule has 0 amide bonds. The van der Waals surface area contributed by atoms with Crippen LogP contribution in [0.1, 0.15) is 11.1 Å². The highest BCUT2D eigenvalue weighted by molar-refractivity contribution is 7.15. The molecule has 2 atom stereocenters. The Kier molecular flexibility index (Phi) is 3.32. The first-order valence-electron chi connectivity index (χ1n) is 3.34. The van der Waals surface area contributed by atoms with Crippen LogP contribution in [0.3, 0.4) is 0 Å². The van der Waals surface area contributed by atoms with E-state index in [1.54, 1.807) is 0 Å². The van der Waals surface area contributed by atoms with Gasteiger partial charge < -0.3 is 0 Å². The minimum atomic E-state index is 1.05. The smallest absolute Gasteiger partial charge is 0.0128 e. The van der Waals surface area contributed by atoms with E-state index in [-0.39, 0.29) is 0 Å². The van der Waals surface area contributed by atoms with E-state index in [0.717, 1.165) is 12.3 Å². The minimum absolute atomic E-state index is 1.05. The fourth-order valence-corrected chi connectivity index (χ4v) is 1.39. The molecule has 0 saturated heterocycles. The molecule has 0 heterocycles. The normalized spacial score (nSPS) is 9.80. The predicted octanol–water partition coefficient (Wildman–Crippen LogP) is 2.44. The van der Waals surface area contributed by atoms with Gasteiger partial charge in [-0.3, -0.25) is 0 Å². The van der Waals surface area contributed by atoms with Crippen LogP contribution in [0, 0.1) is 0 Å². The quantitative estimate of drug-likeness (QED) is 0.598. The summed E-state index contributed by atoms with van der Waals surface area (Å²) in [6, 6.07) is 8.65. The van der Waals surface area contributed by atoms with Crippen molar-refractivity contribution in [1.82, 2.24) is 0 Å². The predicted molar refractivity (Wildman–Crippen MR) is 53.3 cm³/mol. The van der Waals surface area contributed by atoms with Gasteiger partial charge in [-0.1, -0.05) is 24.3 Å². The summed E-state index contributed by atoms with van der Waals surface area (Å²) in [5.41, 5.74) is 2.79. The Morgan fingerprint density at radius 3 is 1.90 bits per heavy atom. The minimum Gasteiger partial charge on any atom is -0.133 e. The molecule has 0 radical (unpaired) electrons. The molecule has 0 aliphatic heterocycles. The lowest BCUT2D eigenvalue weighted by Gasteiger charge is -1.98. The fraction of sp³-hybridized carbons (Fsp3) is 0.250. The lowest BCUT2D eigenvalue weighted by Crippen LogP contribution is -1.80. The Morgan fingerprint density at radius 2 is 1.50 bits per heavy atom. The Labute approximate surface area is 66.8 Å². The van der Waals surface area contributed by atoms with Gasteiger partial charge in [0.15, 0.2) is 0 Å². The molecule has 0 aliphatic rings. The van der Waals surface area contributed by atoms with Crippen LogP contribution >= 0.6 is 18.5 Å². The largest absolute Gasteiger partial charge is 0.133 e. The molecule has 0 N–H and O–H groups in total. The SMILES string of the molecule is PCc1cccc(CP)c1. The zero-order chi connectivity index (χ0) is 7.40. The van der Waals surface area contributed by atoms with Crippen LogP contribution in [0.15, 0.2) is 24.3 Å². The third-order valence-corrected chi connectivity index (χ3v) is 2.41. The average Bonchev–Trinajstić information content (AvgIpc) is 2.05. The van der Waals surface area contributed by atoms with Gasteiger partial charge in [-0.05, 0) is 23.5 Å². The van der Waals surface area contributed by atoms with Gasteiger partial charge in [0.05, 0.1) is 0 Å². The summed E-state index contributed by atoms with van der Waals surface area (Å²) in [5, 5.41) is 0. The van der Waals surface area contributed by atoms with E-state index in [0.29, 0.717) is 0 Å². The van der Waals surface area contributed by atoms with E-state index in [1.807, 2.05) is 0 Å². The molecule has 0 spiro atoms. The summed E-state index contributed by atoms with van der Waals surface area (Å²) in [5.74, 6) is 0. The first kappa shape index (κ1) is 8.18. The van der Waals surface area contributed by atoms with E-state index < -0.39 is 0 Å². The van der Waals surface area contributed by atoms with Crippen molar-refractivity contribution < 1.29 is 0 Å². The number of hydrogen-bond acceptors (Lipinski definition) is 0. The van der Waals surface area contributed by atoms with Gasteiger partial charge in [-0.15, -0.1) is 18.5 Å². The summed E-state index contributed by atoms with van der Waals surface area (Å²) in [6.07, 6.45) is 2.11. The first-order valence-corrected chi connectivity index (χ1v) is 4.98.